The van der Waals surface area contributed by atoms with Gasteiger partial charge >= 0.3 is 0 Å². The van der Waals surface area contributed by atoms with Gasteiger partial charge in [-0.3, -0.25) is 4.79 Å². The third-order valence-electron chi connectivity index (χ3n) is 3.90. The molecule has 0 atom stereocenters. The first kappa shape index (κ1) is 16.7. The average molecular weight is 336 g/mol. The number of nitrogens with zero attached hydrogens (tertiary/aromatic N) is 2. The molecule has 2 heterocycles. The summed E-state index contributed by atoms with van der Waals surface area (Å²) in [5, 5.41) is 6.08. The minimum absolute atomic E-state index is 0.276. The number of carbonyl (C=O) groups excluding carboxylic acids is 1. The number of anilines is 2. The zero-order valence-corrected chi connectivity index (χ0v) is 14.2. The maximum atomic E-state index is 12.3. The lowest BCUT2D eigenvalue weighted by atomic mass is 10.1. The number of aryl methyl sites for hydroxylation is 2. The van der Waals surface area contributed by atoms with Crippen LogP contribution in [0.25, 0.3) is 0 Å². The summed E-state index contributed by atoms with van der Waals surface area (Å²) >= 11 is 0. The van der Waals surface area contributed by atoms with Crippen molar-refractivity contribution in [1.82, 2.24) is 15.3 Å². The van der Waals surface area contributed by atoms with Crippen molar-refractivity contribution < 1.29 is 9.21 Å². The van der Waals surface area contributed by atoms with E-state index >= 15 is 0 Å². The van der Waals surface area contributed by atoms with Crippen LogP contribution >= 0.6 is 0 Å². The maximum Gasteiger partial charge on any atom is 0.270 e. The van der Waals surface area contributed by atoms with Crippen LogP contribution in [0.3, 0.4) is 0 Å². The number of aromatic nitrogens is 2. The molecule has 6 nitrogen and oxygen atoms in total. The van der Waals surface area contributed by atoms with Crippen molar-refractivity contribution in [3.63, 3.8) is 0 Å². The summed E-state index contributed by atoms with van der Waals surface area (Å²) < 4.78 is 5.20. The van der Waals surface area contributed by atoms with Gasteiger partial charge in [0.2, 0.25) is 0 Å². The maximum absolute atomic E-state index is 12.3. The van der Waals surface area contributed by atoms with Crippen LogP contribution in [0.15, 0.2) is 53.4 Å². The van der Waals surface area contributed by atoms with Gasteiger partial charge in [-0.05, 0) is 36.6 Å². The number of benzene rings is 1. The van der Waals surface area contributed by atoms with E-state index in [1.165, 1.54) is 11.9 Å². The van der Waals surface area contributed by atoms with Crippen LogP contribution in [-0.2, 0) is 13.0 Å². The second kappa shape index (κ2) is 7.61. The van der Waals surface area contributed by atoms with E-state index in [0.29, 0.717) is 23.8 Å². The Kier molecular flexibility index (Phi) is 5.09. The van der Waals surface area contributed by atoms with Gasteiger partial charge in [0.05, 0.1) is 12.8 Å². The van der Waals surface area contributed by atoms with Crippen molar-refractivity contribution >= 4 is 17.4 Å². The van der Waals surface area contributed by atoms with Gasteiger partial charge in [0.15, 0.2) is 0 Å². The Balaban J connectivity index is 1.74. The molecular formula is C19H20N4O2. The van der Waals surface area contributed by atoms with Crippen molar-refractivity contribution in [2.45, 2.75) is 26.8 Å². The fourth-order valence-electron chi connectivity index (χ4n) is 2.55. The topological polar surface area (TPSA) is 80.0 Å². The third-order valence-corrected chi connectivity index (χ3v) is 3.90. The lowest BCUT2D eigenvalue weighted by Gasteiger charge is -2.13. The Hall–Kier alpha value is -3.15. The standard InChI is InChI=1S/C19H20N4O2/c1-3-14-7-4-6-13(2)18(14)23-17-10-16(21-12-22-17)19(24)20-11-15-8-5-9-25-15/h4-10,12H,3,11H2,1-2H3,(H,20,24)(H,21,22,23). The molecule has 128 valence electrons. The molecule has 0 fully saturated rings. The predicted octanol–water partition coefficient (Wildman–Crippen LogP) is 3.61. The molecule has 0 radical (unpaired) electrons. The zero-order chi connectivity index (χ0) is 17.6. The number of hydrogen-bond donors (Lipinski definition) is 2. The molecule has 0 unspecified atom stereocenters. The Morgan fingerprint density at radius 3 is 2.84 bits per heavy atom. The highest BCUT2D eigenvalue weighted by atomic mass is 16.3. The van der Waals surface area contributed by atoms with Crippen LogP contribution in [0.4, 0.5) is 11.5 Å². The van der Waals surface area contributed by atoms with E-state index in [-0.39, 0.29) is 5.91 Å². The van der Waals surface area contributed by atoms with Gasteiger partial charge in [-0.15, -0.1) is 0 Å². The quantitative estimate of drug-likeness (QED) is 0.719. The van der Waals surface area contributed by atoms with Gasteiger partial charge in [-0.25, -0.2) is 9.97 Å². The van der Waals surface area contributed by atoms with Crippen molar-refractivity contribution in [3.05, 3.63) is 71.6 Å². The number of amides is 1. The Bertz CT molecular complexity index is 860. The first-order valence-corrected chi connectivity index (χ1v) is 8.15. The molecule has 25 heavy (non-hydrogen) atoms. The number of nitrogens with one attached hydrogen (secondary N) is 2. The summed E-state index contributed by atoms with van der Waals surface area (Å²) in [5.41, 5.74) is 3.64. The smallest absolute Gasteiger partial charge is 0.270 e. The van der Waals surface area contributed by atoms with Crippen LogP contribution in [0.5, 0.6) is 0 Å². The van der Waals surface area contributed by atoms with Crippen LogP contribution in [0, 0.1) is 6.92 Å². The van der Waals surface area contributed by atoms with E-state index in [1.54, 1.807) is 24.5 Å². The molecule has 1 amide bonds. The van der Waals surface area contributed by atoms with E-state index in [4.69, 9.17) is 4.42 Å². The molecule has 0 bridgehead atoms. The van der Waals surface area contributed by atoms with Crippen LogP contribution < -0.4 is 10.6 Å². The highest BCUT2D eigenvalue weighted by Gasteiger charge is 2.11. The van der Waals surface area contributed by atoms with Gasteiger partial charge in [-0.1, -0.05) is 25.1 Å². The first-order valence-electron chi connectivity index (χ1n) is 8.15. The summed E-state index contributed by atoms with van der Waals surface area (Å²) in [4.78, 5) is 20.5. The minimum atomic E-state index is -0.276. The fraction of sp³-hybridized carbons (Fsp3) is 0.211. The zero-order valence-electron chi connectivity index (χ0n) is 14.2. The third kappa shape index (κ3) is 4.03. The average Bonchev–Trinajstić information content (AvgIpc) is 3.15. The van der Waals surface area contributed by atoms with Crippen molar-refractivity contribution in [2.24, 2.45) is 0 Å². The molecule has 0 spiro atoms. The second-order valence-electron chi connectivity index (χ2n) is 5.64. The van der Waals surface area contributed by atoms with Gasteiger partial charge in [0.1, 0.15) is 23.6 Å². The summed E-state index contributed by atoms with van der Waals surface area (Å²) in [5.74, 6) is 0.998. The van der Waals surface area contributed by atoms with Crippen LogP contribution in [0.2, 0.25) is 0 Å². The van der Waals surface area contributed by atoms with E-state index in [2.05, 4.69) is 33.6 Å². The van der Waals surface area contributed by atoms with Gasteiger partial charge < -0.3 is 15.1 Å². The van der Waals surface area contributed by atoms with Crippen molar-refractivity contribution in [1.29, 1.82) is 0 Å². The summed E-state index contributed by atoms with van der Waals surface area (Å²) in [7, 11) is 0. The fourth-order valence-corrected chi connectivity index (χ4v) is 2.55. The minimum Gasteiger partial charge on any atom is -0.467 e. The number of furan rings is 1. The lowest BCUT2D eigenvalue weighted by molar-refractivity contribution is 0.0943. The number of carbonyl (C=O) groups is 1. The Morgan fingerprint density at radius 2 is 2.08 bits per heavy atom. The van der Waals surface area contributed by atoms with Gasteiger partial charge in [0, 0.05) is 11.8 Å². The summed E-state index contributed by atoms with van der Waals surface area (Å²) in [6.45, 7) is 4.46. The van der Waals surface area contributed by atoms with Crippen molar-refractivity contribution in [3.8, 4) is 0 Å². The second-order valence-corrected chi connectivity index (χ2v) is 5.64. The summed E-state index contributed by atoms with van der Waals surface area (Å²) in [6.07, 6.45) is 3.86. The Morgan fingerprint density at radius 1 is 1.20 bits per heavy atom. The molecule has 0 saturated carbocycles. The van der Waals surface area contributed by atoms with Gasteiger partial charge in [-0.2, -0.15) is 0 Å². The molecule has 3 aromatic rings. The SMILES string of the molecule is CCc1cccc(C)c1Nc1cc(C(=O)NCc2ccco2)ncn1. The number of rotatable bonds is 6. The van der Waals surface area contributed by atoms with Gasteiger partial charge in [0.25, 0.3) is 5.91 Å². The van der Waals surface area contributed by atoms with Crippen LogP contribution in [0.1, 0.15) is 34.3 Å². The van der Waals surface area contributed by atoms with E-state index < -0.39 is 0 Å². The molecular weight excluding hydrogens is 316 g/mol. The first-order chi connectivity index (χ1) is 12.2. The lowest BCUT2D eigenvalue weighted by Crippen LogP contribution is -2.23. The molecule has 0 aliphatic carbocycles. The number of para-hydroxylation sites is 1. The van der Waals surface area contributed by atoms with E-state index in [1.807, 2.05) is 19.1 Å². The molecule has 3 rings (SSSR count). The molecule has 2 aromatic heterocycles. The normalized spacial score (nSPS) is 10.5. The largest absolute Gasteiger partial charge is 0.467 e. The molecule has 6 heteroatoms. The number of hydrogen-bond acceptors (Lipinski definition) is 5. The molecule has 1 aromatic carbocycles. The molecule has 0 aliphatic heterocycles. The molecule has 0 saturated heterocycles. The summed E-state index contributed by atoms with van der Waals surface area (Å²) in [6, 6.07) is 11.4. The van der Waals surface area contributed by atoms with Crippen LogP contribution in [-0.4, -0.2) is 15.9 Å². The van der Waals surface area contributed by atoms with E-state index in [0.717, 1.165) is 17.7 Å². The molecule has 0 aliphatic rings. The Labute approximate surface area is 146 Å². The monoisotopic (exact) mass is 336 g/mol. The van der Waals surface area contributed by atoms with E-state index in [9.17, 15) is 4.79 Å². The van der Waals surface area contributed by atoms with Crippen molar-refractivity contribution in [2.75, 3.05) is 5.32 Å². The predicted molar refractivity (Wildman–Crippen MR) is 95.7 cm³/mol. The highest BCUT2D eigenvalue weighted by Crippen LogP contribution is 2.24. The molecule has 2 N–H and O–H groups in total. The highest BCUT2D eigenvalue weighted by molar-refractivity contribution is 5.92.